The molecule has 2 aromatic heterocycles. The molecule has 55 heavy (non-hydrogen) atoms. The number of aromatic nitrogens is 2. The van der Waals surface area contributed by atoms with Crippen LogP contribution in [0.3, 0.4) is 0 Å². The molecule has 0 spiro atoms. The highest BCUT2D eigenvalue weighted by molar-refractivity contribution is 6.22. The van der Waals surface area contributed by atoms with Crippen molar-refractivity contribution in [3.63, 3.8) is 0 Å². The molecule has 0 amide bonds. The van der Waals surface area contributed by atoms with E-state index in [1.807, 2.05) is 60.7 Å². The average molecular weight is 702 g/mol. The Balaban J connectivity index is 1.10. The Morgan fingerprint density at radius 1 is 0.400 bits per heavy atom. The van der Waals surface area contributed by atoms with Crippen LogP contribution < -0.4 is 0 Å². The second-order valence-corrected chi connectivity index (χ2v) is 13.7. The topological polar surface area (TPSA) is 62.7 Å². The molecule has 0 saturated heterocycles. The Kier molecular flexibility index (Phi) is 7.83. The van der Waals surface area contributed by atoms with Crippen LogP contribution in [0.1, 0.15) is 5.56 Å². The maximum atomic E-state index is 9.43. The zero-order valence-electron chi connectivity index (χ0n) is 29.6. The summed E-state index contributed by atoms with van der Waals surface area (Å²) >= 11 is 0. The van der Waals surface area contributed by atoms with Crippen molar-refractivity contribution in [2.24, 2.45) is 0 Å². The van der Waals surface area contributed by atoms with Crippen molar-refractivity contribution in [3.05, 3.63) is 194 Å². The van der Waals surface area contributed by atoms with Crippen LogP contribution in [0.25, 0.3) is 100.0 Å². The highest BCUT2D eigenvalue weighted by atomic mass is 16.3. The van der Waals surface area contributed by atoms with Crippen molar-refractivity contribution in [2.45, 2.75) is 0 Å². The van der Waals surface area contributed by atoms with Gasteiger partial charge in [0, 0.05) is 32.8 Å². The van der Waals surface area contributed by atoms with E-state index in [1.165, 1.54) is 0 Å². The Hall–Kier alpha value is -7.61. The number of nitrogens with zero attached hydrogens (tertiary/aromatic N) is 3. The van der Waals surface area contributed by atoms with Gasteiger partial charge in [-0.15, -0.1) is 0 Å². The summed E-state index contributed by atoms with van der Waals surface area (Å²) in [5.41, 5.74) is 13.7. The summed E-state index contributed by atoms with van der Waals surface area (Å²) in [6.07, 6.45) is 0. The lowest BCUT2D eigenvalue weighted by Gasteiger charge is -2.12. The van der Waals surface area contributed by atoms with E-state index in [0.29, 0.717) is 11.4 Å². The fourth-order valence-electron chi connectivity index (χ4n) is 7.64. The number of nitriles is 1. The Bertz CT molecular complexity index is 3030. The first-order valence-corrected chi connectivity index (χ1v) is 18.3. The average Bonchev–Trinajstić information content (AvgIpc) is 3.66. The molecular weight excluding hydrogens is 671 g/mol. The molecule has 10 aromatic rings. The van der Waals surface area contributed by atoms with Crippen molar-refractivity contribution in [1.29, 1.82) is 5.26 Å². The van der Waals surface area contributed by atoms with Crippen LogP contribution in [0.5, 0.6) is 0 Å². The van der Waals surface area contributed by atoms with Gasteiger partial charge in [-0.25, -0.2) is 9.97 Å². The van der Waals surface area contributed by atoms with Crippen LogP contribution in [-0.2, 0) is 0 Å². The molecule has 2 heterocycles. The molecule has 0 N–H and O–H groups in total. The minimum absolute atomic E-state index is 0.640. The molecule has 4 heteroatoms. The predicted octanol–water partition coefficient (Wildman–Crippen LogP) is 13.4. The summed E-state index contributed by atoms with van der Waals surface area (Å²) in [5.74, 6) is 0.694. The van der Waals surface area contributed by atoms with Crippen LogP contribution in [0, 0.1) is 11.3 Å². The molecule has 10 rings (SSSR count). The molecule has 0 unspecified atom stereocenters. The minimum atomic E-state index is 0.640. The van der Waals surface area contributed by atoms with E-state index in [-0.39, 0.29) is 0 Å². The molecule has 0 aliphatic rings. The molecule has 4 nitrogen and oxygen atoms in total. The van der Waals surface area contributed by atoms with E-state index in [4.69, 9.17) is 14.4 Å². The van der Waals surface area contributed by atoms with Gasteiger partial charge in [0.05, 0.1) is 23.0 Å². The Morgan fingerprint density at radius 2 is 0.982 bits per heavy atom. The third kappa shape index (κ3) is 5.81. The maximum Gasteiger partial charge on any atom is 0.160 e. The van der Waals surface area contributed by atoms with Crippen LogP contribution in [0.15, 0.2) is 192 Å². The lowest BCUT2D eigenvalue weighted by atomic mass is 9.92. The van der Waals surface area contributed by atoms with Gasteiger partial charge in [-0.3, -0.25) is 0 Å². The van der Waals surface area contributed by atoms with Crippen LogP contribution in [0.4, 0.5) is 0 Å². The normalized spacial score (nSPS) is 11.3. The van der Waals surface area contributed by atoms with E-state index < -0.39 is 0 Å². The van der Waals surface area contributed by atoms with E-state index >= 15 is 0 Å². The lowest BCUT2D eigenvalue weighted by molar-refractivity contribution is 0.673. The number of hydrogen-bond donors (Lipinski definition) is 0. The highest BCUT2D eigenvalue weighted by Gasteiger charge is 2.18. The first-order valence-electron chi connectivity index (χ1n) is 18.3. The van der Waals surface area contributed by atoms with Gasteiger partial charge >= 0.3 is 0 Å². The van der Waals surface area contributed by atoms with Gasteiger partial charge in [0.25, 0.3) is 0 Å². The van der Waals surface area contributed by atoms with Crippen molar-refractivity contribution in [2.75, 3.05) is 0 Å². The van der Waals surface area contributed by atoms with Crippen molar-refractivity contribution in [3.8, 4) is 73.4 Å². The molecule has 0 fully saturated rings. The second kappa shape index (κ2) is 13.4. The Labute approximate surface area is 318 Å². The van der Waals surface area contributed by atoms with Gasteiger partial charge in [-0.05, 0) is 81.2 Å². The second-order valence-electron chi connectivity index (χ2n) is 13.7. The summed E-state index contributed by atoms with van der Waals surface area (Å²) in [5, 5.41) is 13.7. The molecule has 0 bridgehead atoms. The molecule has 8 aromatic carbocycles. The molecule has 0 aliphatic heterocycles. The zero-order valence-corrected chi connectivity index (χ0v) is 29.6. The Morgan fingerprint density at radius 3 is 1.71 bits per heavy atom. The van der Waals surface area contributed by atoms with E-state index in [1.54, 1.807) is 0 Å². The van der Waals surface area contributed by atoms with Gasteiger partial charge < -0.3 is 4.42 Å². The summed E-state index contributed by atoms with van der Waals surface area (Å²) in [7, 11) is 0. The summed E-state index contributed by atoms with van der Waals surface area (Å²) in [6.45, 7) is 0. The predicted molar refractivity (Wildman–Crippen MR) is 224 cm³/mol. The van der Waals surface area contributed by atoms with Crippen molar-refractivity contribution in [1.82, 2.24) is 9.97 Å². The highest BCUT2D eigenvalue weighted by Crippen LogP contribution is 2.43. The van der Waals surface area contributed by atoms with Gasteiger partial charge in [-0.1, -0.05) is 146 Å². The van der Waals surface area contributed by atoms with E-state index in [2.05, 4.69) is 133 Å². The summed E-state index contributed by atoms with van der Waals surface area (Å²) < 4.78 is 6.66. The smallest absolute Gasteiger partial charge is 0.160 e. The van der Waals surface area contributed by atoms with Gasteiger partial charge in [0.15, 0.2) is 5.82 Å². The van der Waals surface area contributed by atoms with Crippen LogP contribution >= 0.6 is 0 Å². The summed E-state index contributed by atoms with van der Waals surface area (Å²) in [4.78, 5) is 10.1. The monoisotopic (exact) mass is 701 g/mol. The van der Waals surface area contributed by atoms with Crippen LogP contribution in [0.2, 0.25) is 0 Å². The third-order valence-electron chi connectivity index (χ3n) is 10.3. The number of benzene rings is 8. The number of rotatable bonds is 6. The number of fused-ring (bicyclic) bond motifs is 5. The quantitative estimate of drug-likeness (QED) is 0.173. The third-order valence-corrected chi connectivity index (χ3v) is 10.3. The first kappa shape index (κ1) is 32.1. The van der Waals surface area contributed by atoms with Gasteiger partial charge in [-0.2, -0.15) is 5.26 Å². The van der Waals surface area contributed by atoms with E-state index in [9.17, 15) is 5.26 Å². The van der Waals surface area contributed by atoms with Crippen LogP contribution in [-0.4, -0.2) is 9.97 Å². The molecule has 0 atom stereocenters. The summed E-state index contributed by atoms with van der Waals surface area (Å²) in [6, 6.07) is 66.8. The molecule has 0 saturated carbocycles. The molecule has 0 aliphatic carbocycles. The van der Waals surface area contributed by atoms with Crippen molar-refractivity contribution >= 4 is 32.7 Å². The van der Waals surface area contributed by atoms with Gasteiger partial charge in [0.2, 0.25) is 0 Å². The van der Waals surface area contributed by atoms with Gasteiger partial charge in [0.1, 0.15) is 11.2 Å². The fourth-order valence-corrected chi connectivity index (χ4v) is 7.64. The maximum absolute atomic E-state index is 9.43. The SMILES string of the molecule is N#Cc1ccc(-c2cc3c(oc4cccc(-c5cccc(-c6cccc(-c7cc(-c8ccccc8)nc(-c8ccccc8)n7)c6)c5)c43)c3ccccc23)cc1. The standard InChI is InChI=1S/C51H31N3O/c52-32-33-24-26-34(27-25-33)44-30-45-49-41(22-11-23-48(49)55-50(45)43-21-8-7-20-42(43)44)39-18-9-16-37(28-39)38-17-10-19-40(29-38)47-31-46(35-12-3-1-4-13-35)53-51(54-47)36-14-5-2-6-15-36/h1-31H. The lowest BCUT2D eigenvalue weighted by Crippen LogP contribution is -1.96. The number of furan rings is 1. The largest absolute Gasteiger partial charge is 0.455 e. The fraction of sp³-hybridized carbons (Fsp3) is 0. The molecule has 0 radical (unpaired) electrons. The zero-order chi connectivity index (χ0) is 36.7. The first-order chi connectivity index (χ1) is 27.2. The van der Waals surface area contributed by atoms with Crippen molar-refractivity contribution < 1.29 is 4.42 Å². The number of hydrogen-bond acceptors (Lipinski definition) is 4. The van der Waals surface area contributed by atoms with E-state index in [0.717, 1.165) is 94.2 Å². The minimum Gasteiger partial charge on any atom is -0.455 e. The molecular formula is C51H31N3O. The molecule has 256 valence electrons.